The second-order valence-electron chi connectivity index (χ2n) is 6.38. The molecule has 2 aromatic rings. The fraction of sp³-hybridized carbons (Fsp3) is 0.350. The van der Waals surface area contributed by atoms with E-state index in [2.05, 4.69) is 36.9 Å². The van der Waals surface area contributed by atoms with Crippen molar-refractivity contribution in [1.29, 1.82) is 0 Å². The highest BCUT2D eigenvalue weighted by Crippen LogP contribution is 2.20. The van der Waals surface area contributed by atoms with Crippen LogP contribution in [0.3, 0.4) is 0 Å². The number of hydrogen-bond donors (Lipinski definition) is 0. The number of halogens is 1. The number of hydrogen-bond acceptors (Lipinski definition) is 3. The summed E-state index contributed by atoms with van der Waals surface area (Å²) in [5, 5.41) is 0.654. The smallest absolute Gasteiger partial charge is 0.260 e. The average molecular weight is 359 g/mol. The Morgan fingerprint density at radius 3 is 2.32 bits per heavy atom. The molecule has 4 nitrogen and oxygen atoms in total. The van der Waals surface area contributed by atoms with Crippen molar-refractivity contribution in [3.05, 3.63) is 58.6 Å². The second kappa shape index (κ2) is 7.79. The SMILES string of the molecule is Cc1ccc(N2CCN(C(=O)COc3ccc(Cl)cc3)CC2)cc1C. The number of amides is 1. The molecular weight excluding hydrogens is 336 g/mol. The van der Waals surface area contributed by atoms with Gasteiger partial charge in [-0.3, -0.25) is 4.79 Å². The Hall–Kier alpha value is -2.20. The first-order valence-electron chi connectivity index (χ1n) is 8.51. The first-order valence-corrected chi connectivity index (χ1v) is 8.89. The number of rotatable bonds is 4. The largest absolute Gasteiger partial charge is 0.484 e. The van der Waals surface area contributed by atoms with Crippen molar-refractivity contribution in [1.82, 2.24) is 4.90 Å². The summed E-state index contributed by atoms with van der Waals surface area (Å²) in [5.41, 5.74) is 3.83. The summed E-state index contributed by atoms with van der Waals surface area (Å²) in [4.78, 5) is 16.5. The van der Waals surface area contributed by atoms with Crippen LogP contribution in [0.5, 0.6) is 5.75 Å². The number of anilines is 1. The summed E-state index contributed by atoms with van der Waals surface area (Å²) in [7, 11) is 0. The predicted octanol–water partition coefficient (Wildman–Crippen LogP) is 3.68. The molecular formula is C20H23ClN2O2. The molecule has 1 amide bonds. The highest BCUT2D eigenvalue weighted by atomic mass is 35.5. The number of aryl methyl sites for hydroxylation is 2. The third-order valence-electron chi connectivity index (χ3n) is 4.66. The van der Waals surface area contributed by atoms with Crippen molar-refractivity contribution in [2.45, 2.75) is 13.8 Å². The van der Waals surface area contributed by atoms with Crippen LogP contribution in [0.1, 0.15) is 11.1 Å². The number of benzene rings is 2. The molecule has 0 aliphatic carbocycles. The third-order valence-corrected chi connectivity index (χ3v) is 4.92. The van der Waals surface area contributed by atoms with Crippen molar-refractivity contribution >= 4 is 23.2 Å². The molecule has 1 aliphatic rings. The summed E-state index contributed by atoms with van der Waals surface area (Å²) in [6.45, 7) is 7.43. The van der Waals surface area contributed by atoms with E-state index >= 15 is 0 Å². The van der Waals surface area contributed by atoms with E-state index < -0.39 is 0 Å². The van der Waals surface area contributed by atoms with E-state index in [0.717, 1.165) is 26.2 Å². The maximum atomic E-state index is 12.3. The first-order chi connectivity index (χ1) is 12.0. The number of ether oxygens (including phenoxy) is 1. The first kappa shape index (κ1) is 17.6. The normalized spacial score (nSPS) is 14.5. The Labute approximate surface area is 154 Å². The zero-order valence-electron chi connectivity index (χ0n) is 14.7. The van der Waals surface area contributed by atoms with Gasteiger partial charge in [-0.05, 0) is 61.4 Å². The molecule has 1 heterocycles. The Morgan fingerprint density at radius 2 is 1.68 bits per heavy atom. The summed E-state index contributed by atoms with van der Waals surface area (Å²) in [6, 6.07) is 13.6. The van der Waals surface area contributed by atoms with Gasteiger partial charge in [0.2, 0.25) is 0 Å². The molecule has 0 atom stereocenters. The van der Waals surface area contributed by atoms with Gasteiger partial charge in [-0.15, -0.1) is 0 Å². The van der Waals surface area contributed by atoms with Crippen LogP contribution in [0, 0.1) is 13.8 Å². The van der Waals surface area contributed by atoms with Gasteiger partial charge < -0.3 is 14.5 Å². The molecule has 1 aliphatic heterocycles. The van der Waals surface area contributed by atoms with Gasteiger partial charge in [0.1, 0.15) is 5.75 Å². The molecule has 25 heavy (non-hydrogen) atoms. The van der Waals surface area contributed by atoms with Crippen molar-refractivity contribution in [3.8, 4) is 5.75 Å². The monoisotopic (exact) mass is 358 g/mol. The number of carbonyl (C=O) groups excluding carboxylic acids is 1. The van der Waals surface area contributed by atoms with Crippen LogP contribution in [-0.2, 0) is 4.79 Å². The second-order valence-corrected chi connectivity index (χ2v) is 6.82. The average Bonchev–Trinajstić information content (AvgIpc) is 2.63. The van der Waals surface area contributed by atoms with E-state index in [9.17, 15) is 4.79 Å². The maximum Gasteiger partial charge on any atom is 0.260 e. The molecule has 0 spiro atoms. The molecule has 0 unspecified atom stereocenters. The standard InChI is InChI=1S/C20H23ClN2O2/c1-15-3-6-18(13-16(15)2)22-9-11-23(12-10-22)20(24)14-25-19-7-4-17(21)5-8-19/h3-8,13H,9-12,14H2,1-2H3. The molecule has 0 aromatic heterocycles. The van der Waals surface area contributed by atoms with E-state index in [0.29, 0.717) is 10.8 Å². The Bertz CT molecular complexity index is 738. The van der Waals surface area contributed by atoms with Gasteiger partial charge in [0, 0.05) is 36.9 Å². The lowest BCUT2D eigenvalue weighted by atomic mass is 10.1. The lowest BCUT2D eigenvalue weighted by molar-refractivity contribution is -0.133. The van der Waals surface area contributed by atoms with E-state index in [-0.39, 0.29) is 12.5 Å². The van der Waals surface area contributed by atoms with E-state index in [1.54, 1.807) is 24.3 Å². The van der Waals surface area contributed by atoms with Gasteiger partial charge in [-0.2, -0.15) is 0 Å². The van der Waals surface area contributed by atoms with Crippen molar-refractivity contribution < 1.29 is 9.53 Å². The van der Waals surface area contributed by atoms with Gasteiger partial charge in [0.05, 0.1) is 0 Å². The Balaban J connectivity index is 1.50. The molecule has 5 heteroatoms. The highest BCUT2D eigenvalue weighted by molar-refractivity contribution is 6.30. The topological polar surface area (TPSA) is 32.8 Å². The molecule has 3 rings (SSSR count). The van der Waals surface area contributed by atoms with Gasteiger partial charge in [-0.1, -0.05) is 17.7 Å². The van der Waals surface area contributed by atoms with Crippen LogP contribution >= 0.6 is 11.6 Å². The van der Waals surface area contributed by atoms with Crippen LogP contribution in [-0.4, -0.2) is 43.6 Å². The van der Waals surface area contributed by atoms with Gasteiger partial charge in [0.15, 0.2) is 6.61 Å². The Kier molecular flexibility index (Phi) is 5.49. The van der Waals surface area contributed by atoms with Crippen LogP contribution in [0.4, 0.5) is 5.69 Å². The fourth-order valence-corrected chi connectivity index (χ4v) is 3.03. The van der Waals surface area contributed by atoms with Crippen LogP contribution in [0.25, 0.3) is 0 Å². The van der Waals surface area contributed by atoms with Crippen molar-refractivity contribution in [2.75, 3.05) is 37.7 Å². The molecule has 0 saturated carbocycles. The Morgan fingerprint density at radius 1 is 1.00 bits per heavy atom. The number of piperazine rings is 1. The highest BCUT2D eigenvalue weighted by Gasteiger charge is 2.21. The zero-order valence-corrected chi connectivity index (χ0v) is 15.4. The van der Waals surface area contributed by atoms with Crippen LogP contribution < -0.4 is 9.64 Å². The van der Waals surface area contributed by atoms with Gasteiger partial charge in [-0.25, -0.2) is 0 Å². The van der Waals surface area contributed by atoms with E-state index in [1.165, 1.54) is 16.8 Å². The number of carbonyl (C=O) groups is 1. The summed E-state index contributed by atoms with van der Waals surface area (Å²) < 4.78 is 5.55. The van der Waals surface area contributed by atoms with Crippen LogP contribution in [0.15, 0.2) is 42.5 Å². The van der Waals surface area contributed by atoms with Crippen molar-refractivity contribution in [3.63, 3.8) is 0 Å². The minimum absolute atomic E-state index is 0.0229. The molecule has 0 N–H and O–H groups in total. The molecule has 1 saturated heterocycles. The zero-order chi connectivity index (χ0) is 17.8. The fourth-order valence-electron chi connectivity index (χ4n) is 2.90. The maximum absolute atomic E-state index is 12.3. The minimum Gasteiger partial charge on any atom is -0.484 e. The van der Waals surface area contributed by atoms with Gasteiger partial charge >= 0.3 is 0 Å². The van der Waals surface area contributed by atoms with Crippen molar-refractivity contribution in [2.24, 2.45) is 0 Å². The molecule has 0 bridgehead atoms. The molecule has 2 aromatic carbocycles. The minimum atomic E-state index is 0.0229. The number of nitrogens with zero attached hydrogens (tertiary/aromatic N) is 2. The predicted molar refractivity (Wildman–Crippen MR) is 102 cm³/mol. The van der Waals surface area contributed by atoms with E-state index in [1.807, 2.05) is 4.90 Å². The van der Waals surface area contributed by atoms with E-state index in [4.69, 9.17) is 16.3 Å². The lowest BCUT2D eigenvalue weighted by Gasteiger charge is -2.36. The summed E-state index contributed by atoms with van der Waals surface area (Å²) in [5.74, 6) is 0.682. The summed E-state index contributed by atoms with van der Waals surface area (Å²) in [6.07, 6.45) is 0. The quantitative estimate of drug-likeness (QED) is 0.835. The van der Waals surface area contributed by atoms with Crippen LogP contribution in [0.2, 0.25) is 5.02 Å². The third kappa shape index (κ3) is 4.45. The molecule has 132 valence electrons. The molecule has 0 radical (unpaired) electrons. The lowest BCUT2D eigenvalue weighted by Crippen LogP contribution is -2.50. The summed E-state index contributed by atoms with van der Waals surface area (Å²) >= 11 is 5.84. The molecule has 1 fully saturated rings. The van der Waals surface area contributed by atoms with Gasteiger partial charge in [0.25, 0.3) is 5.91 Å².